The molecule has 0 aliphatic carbocycles. The minimum atomic E-state index is -0.500. The van der Waals surface area contributed by atoms with Gasteiger partial charge >= 0.3 is 0 Å². The van der Waals surface area contributed by atoms with E-state index in [-0.39, 0.29) is 24.4 Å². The Labute approximate surface area is 165 Å². The van der Waals surface area contributed by atoms with E-state index in [1.807, 2.05) is 6.07 Å². The van der Waals surface area contributed by atoms with Crippen molar-refractivity contribution in [3.8, 4) is 0 Å². The van der Waals surface area contributed by atoms with Gasteiger partial charge in [0.2, 0.25) is 11.8 Å². The number of carbonyl (C=O) groups is 3. The van der Waals surface area contributed by atoms with Crippen LogP contribution in [0.25, 0.3) is 10.9 Å². The number of aromatic nitrogens is 2. The van der Waals surface area contributed by atoms with Crippen LogP contribution < -0.4 is 16.2 Å². The molecule has 0 unspecified atom stereocenters. The summed E-state index contributed by atoms with van der Waals surface area (Å²) in [6.45, 7) is 0.294. The number of aromatic amines is 1. The summed E-state index contributed by atoms with van der Waals surface area (Å²) in [7, 11) is 0. The van der Waals surface area contributed by atoms with Crippen LogP contribution in [0.2, 0.25) is 5.02 Å². The van der Waals surface area contributed by atoms with Crippen LogP contribution in [0, 0.1) is 0 Å². The highest BCUT2D eigenvalue weighted by Crippen LogP contribution is 2.19. The van der Waals surface area contributed by atoms with Gasteiger partial charge in [-0.3, -0.25) is 30.2 Å². The van der Waals surface area contributed by atoms with Crippen molar-refractivity contribution in [1.82, 2.24) is 26.1 Å². The summed E-state index contributed by atoms with van der Waals surface area (Å²) >= 11 is 5.92. The molecule has 4 N–H and O–H groups in total. The lowest BCUT2D eigenvalue weighted by atomic mass is 10.2. The first-order chi connectivity index (χ1) is 13.5. The highest BCUT2D eigenvalue weighted by atomic mass is 35.5. The molecule has 3 aromatic rings. The van der Waals surface area contributed by atoms with E-state index < -0.39 is 11.8 Å². The molecule has 0 spiro atoms. The number of rotatable bonds is 6. The van der Waals surface area contributed by atoms with Gasteiger partial charge in [-0.25, -0.2) is 0 Å². The number of benzene rings is 1. The molecule has 9 heteroatoms. The van der Waals surface area contributed by atoms with Crippen LogP contribution in [0.5, 0.6) is 0 Å². The fraction of sp³-hybridized carbons (Fsp3) is 0.158. The minimum Gasteiger partial charge on any atom is -0.350 e. The molecule has 0 saturated heterocycles. The molecule has 0 aliphatic rings. The number of H-pyrrole nitrogens is 1. The summed E-state index contributed by atoms with van der Waals surface area (Å²) in [5.74, 6) is -1.25. The van der Waals surface area contributed by atoms with Crippen molar-refractivity contribution in [2.75, 3.05) is 0 Å². The monoisotopic (exact) mass is 399 g/mol. The van der Waals surface area contributed by atoms with Gasteiger partial charge in [0, 0.05) is 35.0 Å². The number of carbonyl (C=O) groups excluding carboxylic acids is 3. The van der Waals surface area contributed by atoms with Crippen molar-refractivity contribution in [3.63, 3.8) is 0 Å². The Balaban J connectivity index is 1.40. The Morgan fingerprint density at radius 1 is 1.00 bits per heavy atom. The second-order valence-corrected chi connectivity index (χ2v) is 6.45. The third-order valence-corrected chi connectivity index (χ3v) is 4.15. The van der Waals surface area contributed by atoms with E-state index in [1.165, 1.54) is 0 Å². The van der Waals surface area contributed by atoms with Crippen molar-refractivity contribution >= 4 is 40.2 Å². The first kappa shape index (κ1) is 19.4. The molecule has 28 heavy (non-hydrogen) atoms. The fourth-order valence-corrected chi connectivity index (χ4v) is 2.67. The Morgan fingerprint density at radius 3 is 2.61 bits per heavy atom. The molecular weight excluding hydrogens is 382 g/mol. The average molecular weight is 400 g/mol. The summed E-state index contributed by atoms with van der Waals surface area (Å²) in [4.78, 5) is 42.8. The standard InChI is InChI=1S/C19H18ClN5O3/c20-13-4-5-15-12(9-13)10-16(23-15)19(28)25-24-18(27)7-6-17(26)22-11-14-3-1-2-8-21-14/h1-5,8-10,23H,6-7,11H2,(H,22,26)(H,24,27)(H,25,28). The van der Waals surface area contributed by atoms with Crippen LogP contribution in [0.15, 0.2) is 48.7 Å². The van der Waals surface area contributed by atoms with E-state index in [4.69, 9.17) is 11.6 Å². The predicted octanol–water partition coefficient (Wildman–Crippen LogP) is 2.07. The third-order valence-electron chi connectivity index (χ3n) is 3.91. The second-order valence-electron chi connectivity index (χ2n) is 6.01. The van der Waals surface area contributed by atoms with E-state index in [1.54, 1.807) is 42.6 Å². The molecule has 2 aromatic heterocycles. The van der Waals surface area contributed by atoms with Crippen LogP contribution in [-0.2, 0) is 16.1 Å². The Morgan fingerprint density at radius 2 is 1.82 bits per heavy atom. The number of hydrogen-bond donors (Lipinski definition) is 4. The van der Waals surface area contributed by atoms with Gasteiger partial charge in [0.05, 0.1) is 12.2 Å². The topological polar surface area (TPSA) is 116 Å². The molecule has 0 radical (unpaired) electrons. The van der Waals surface area contributed by atoms with E-state index in [0.29, 0.717) is 11.6 Å². The van der Waals surface area contributed by atoms with Crippen molar-refractivity contribution < 1.29 is 14.4 Å². The minimum absolute atomic E-state index is 0.000571. The van der Waals surface area contributed by atoms with Gasteiger partial charge in [-0.2, -0.15) is 0 Å². The van der Waals surface area contributed by atoms with Crippen molar-refractivity contribution in [1.29, 1.82) is 0 Å². The number of fused-ring (bicyclic) bond motifs is 1. The van der Waals surface area contributed by atoms with Gasteiger partial charge in [0.25, 0.3) is 5.91 Å². The van der Waals surface area contributed by atoms with Gasteiger partial charge in [-0.05, 0) is 36.4 Å². The number of halogens is 1. The molecule has 144 valence electrons. The van der Waals surface area contributed by atoms with Crippen LogP contribution in [0.4, 0.5) is 0 Å². The lowest BCUT2D eigenvalue weighted by molar-refractivity contribution is -0.126. The summed E-state index contributed by atoms with van der Waals surface area (Å²) in [6.07, 6.45) is 1.58. The molecule has 2 heterocycles. The number of hydrogen-bond acceptors (Lipinski definition) is 4. The maximum atomic E-state index is 12.1. The molecular formula is C19H18ClN5O3. The number of hydrazine groups is 1. The van der Waals surface area contributed by atoms with E-state index in [0.717, 1.165) is 16.6 Å². The summed E-state index contributed by atoms with van der Waals surface area (Å²) in [5.41, 5.74) is 6.37. The molecule has 3 amide bonds. The summed E-state index contributed by atoms with van der Waals surface area (Å²) in [5, 5.41) is 4.03. The fourth-order valence-electron chi connectivity index (χ4n) is 2.49. The van der Waals surface area contributed by atoms with Crippen LogP contribution in [-0.4, -0.2) is 27.7 Å². The summed E-state index contributed by atoms with van der Waals surface area (Å²) < 4.78 is 0. The average Bonchev–Trinajstić information content (AvgIpc) is 3.13. The quantitative estimate of drug-likeness (QED) is 0.475. The normalized spacial score (nSPS) is 10.5. The molecule has 0 atom stereocenters. The Kier molecular flexibility index (Phi) is 6.23. The van der Waals surface area contributed by atoms with Gasteiger partial charge in [-0.1, -0.05) is 17.7 Å². The van der Waals surface area contributed by atoms with E-state index >= 15 is 0 Å². The van der Waals surface area contributed by atoms with E-state index in [2.05, 4.69) is 26.1 Å². The maximum Gasteiger partial charge on any atom is 0.286 e. The van der Waals surface area contributed by atoms with Crippen molar-refractivity contribution in [2.45, 2.75) is 19.4 Å². The Hall–Kier alpha value is -3.39. The van der Waals surface area contributed by atoms with E-state index in [9.17, 15) is 14.4 Å². The number of nitrogens with one attached hydrogen (secondary N) is 4. The maximum absolute atomic E-state index is 12.1. The van der Waals surface area contributed by atoms with Crippen LogP contribution in [0.3, 0.4) is 0 Å². The lowest BCUT2D eigenvalue weighted by Crippen LogP contribution is -2.42. The van der Waals surface area contributed by atoms with Gasteiger partial charge in [0.15, 0.2) is 0 Å². The SMILES string of the molecule is O=C(CCC(=O)NNC(=O)c1cc2cc(Cl)ccc2[nH]1)NCc1ccccn1. The number of nitrogens with zero attached hydrogens (tertiary/aromatic N) is 1. The lowest BCUT2D eigenvalue weighted by Gasteiger charge is -2.07. The van der Waals surface area contributed by atoms with Gasteiger partial charge in [0.1, 0.15) is 5.69 Å². The van der Waals surface area contributed by atoms with Crippen molar-refractivity contribution in [2.24, 2.45) is 0 Å². The first-order valence-electron chi connectivity index (χ1n) is 8.55. The zero-order chi connectivity index (χ0) is 19.9. The van der Waals surface area contributed by atoms with Gasteiger partial charge < -0.3 is 10.3 Å². The second kappa shape index (κ2) is 9.01. The largest absolute Gasteiger partial charge is 0.350 e. The molecule has 0 saturated carbocycles. The molecule has 1 aromatic carbocycles. The van der Waals surface area contributed by atoms with Crippen LogP contribution in [0.1, 0.15) is 29.0 Å². The molecule has 0 bridgehead atoms. The number of pyridine rings is 1. The van der Waals surface area contributed by atoms with Crippen molar-refractivity contribution in [3.05, 3.63) is 65.1 Å². The molecule has 0 aliphatic heterocycles. The third kappa shape index (κ3) is 5.31. The number of amides is 3. The predicted molar refractivity (Wildman–Crippen MR) is 104 cm³/mol. The van der Waals surface area contributed by atoms with Crippen LogP contribution >= 0.6 is 11.6 Å². The first-order valence-corrected chi connectivity index (χ1v) is 8.93. The zero-order valence-electron chi connectivity index (χ0n) is 14.8. The highest BCUT2D eigenvalue weighted by Gasteiger charge is 2.12. The molecule has 8 nitrogen and oxygen atoms in total. The zero-order valence-corrected chi connectivity index (χ0v) is 15.5. The Bertz CT molecular complexity index is 1000. The van der Waals surface area contributed by atoms with Gasteiger partial charge in [-0.15, -0.1) is 0 Å². The molecule has 0 fully saturated rings. The highest BCUT2D eigenvalue weighted by molar-refractivity contribution is 6.31. The molecule has 3 rings (SSSR count). The summed E-state index contributed by atoms with van der Waals surface area (Å²) in [6, 6.07) is 12.2. The smallest absolute Gasteiger partial charge is 0.286 e.